The molecule has 0 N–H and O–H groups in total. The van der Waals surface area contributed by atoms with Crippen LogP contribution in [0.4, 0.5) is 0 Å². The van der Waals surface area contributed by atoms with E-state index in [1.807, 2.05) is 43.9 Å². The number of benzene rings is 1. The average molecular weight is 491 g/mol. The summed E-state index contributed by atoms with van der Waals surface area (Å²) in [5, 5.41) is 2.78. The van der Waals surface area contributed by atoms with E-state index >= 15 is 0 Å². The van der Waals surface area contributed by atoms with Gasteiger partial charge >= 0.3 is 0 Å². The summed E-state index contributed by atoms with van der Waals surface area (Å²) in [6, 6.07) is 7.52. The Morgan fingerprint density at radius 2 is 1.97 bits per heavy atom. The number of carbonyl (C=O) groups is 2. The Balaban J connectivity index is 1.77. The first kappa shape index (κ1) is 25.6. The first-order valence-corrected chi connectivity index (χ1v) is 12.9. The molecule has 2 amide bonds. The van der Waals surface area contributed by atoms with Gasteiger partial charge in [-0.2, -0.15) is 0 Å². The number of ether oxygens (including phenoxy) is 1. The number of hydrogen-bond donors (Lipinski definition) is 0. The fourth-order valence-electron chi connectivity index (χ4n) is 4.18. The van der Waals surface area contributed by atoms with E-state index < -0.39 is 0 Å². The summed E-state index contributed by atoms with van der Waals surface area (Å²) in [6.45, 7) is 11.8. The number of hydrogen-bond acceptors (Lipinski definition) is 4. The molecule has 7 heteroatoms. The van der Waals surface area contributed by atoms with E-state index in [0.29, 0.717) is 37.1 Å². The van der Waals surface area contributed by atoms with Crippen molar-refractivity contribution in [3.63, 3.8) is 0 Å². The van der Waals surface area contributed by atoms with Gasteiger partial charge in [0.1, 0.15) is 12.4 Å². The molecule has 2 heterocycles. The maximum Gasteiger partial charge on any atom is 0.242 e. The molecule has 0 saturated heterocycles. The highest BCUT2D eigenvalue weighted by Gasteiger charge is 2.33. The van der Waals surface area contributed by atoms with Crippen LogP contribution in [0.2, 0.25) is 5.02 Å². The molecule has 0 radical (unpaired) electrons. The van der Waals surface area contributed by atoms with E-state index in [2.05, 4.69) is 25.3 Å². The maximum atomic E-state index is 13.5. The second-order valence-corrected chi connectivity index (χ2v) is 11.0. The Bertz CT molecular complexity index is 972. The van der Waals surface area contributed by atoms with Gasteiger partial charge in [0.2, 0.25) is 11.8 Å². The van der Waals surface area contributed by atoms with Crippen molar-refractivity contribution in [1.29, 1.82) is 0 Å². The smallest absolute Gasteiger partial charge is 0.242 e. The molecule has 3 rings (SSSR count). The molecule has 0 spiro atoms. The number of halogens is 1. The van der Waals surface area contributed by atoms with Crippen LogP contribution in [0.1, 0.15) is 56.2 Å². The van der Waals surface area contributed by atoms with Crippen molar-refractivity contribution in [2.45, 2.75) is 53.5 Å². The Hall–Kier alpha value is -2.05. The molecule has 0 aliphatic carbocycles. The van der Waals surface area contributed by atoms with Crippen molar-refractivity contribution in [1.82, 2.24) is 9.80 Å². The first-order chi connectivity index (χ1) is 15.7. The molecule has 0 bridgehead atoms. The van der Waals surface area contributed by atoms with Crippen molar-refractivity contribution in [3.05, 3.63) is 50.7 Å². The van der Waals surface area contributed by atoms with E-state index in [-0.39, 0.29) is 30.3 Å². The van der Waals surface area contributed by atoms with Crippen LogP contribution < -0.4 is 4.74 Å². The van der Waals surface area contributed by atoms with Crippen LogP contribution in [-0.4, -0.2) is 47.9 Å². The molecular weight excluding hydrogens is 456 g/mol. The Labute approximate surface area is 206 Å². The van der Waals surface area contributed by atoms with Crippen molar-refractivity contribution < 1.29 is 14.3 Å². The van der Waals surface area contributed by atoms with Gasteiger partial charge in [-0.05, 0) is 66.0 Å². The van der Waals surface area contributed by atoms with Crippen LogP contribution in [0.5, 0.6) is 5.75 Å². The molecule has 1 aromatic heterocycles. The summed E-state index contributed by atoms with van der Waals surface area (Å²) in [4.78, 5) is 31.3. The molecule has 1 aromatic carbocycles. The molecule has 2 aromatic rings. The Morgan fingerprint density at radius 3 is 2.64 bits per heavy atom. The summed E-state index contributed by atoms with van der Waals surface area (Å²) in [7, 11) is 0. The lowest BCUT2D eigenvalue weighted by Crippen LogP contribution is -2.48. The second-order valence-electron chi connectivity index (χ2n) is 9.64. The minimum Gasteiger partial charge on any atom is -0.491 e. The number of fused-ring (bicyclic) bond motifs is 1. The van der Waals surface area contributed by atoms with Crippen molar-refractivity contribution >= 4 is 34.8 Å². The van der Waals surface area contributed by atoms with Gasteiger partial charge in [-0.3, -0.25) is 9.59 Å². The molecule has 0 fully saturated rings. The molecular formula is C26H35ClN2O3S. The molecule has 180 valence electrons. The predicted molar refractivity (Wildman–Crippen MR) is 135 cm³/mol. The van der Waals surface area contributed by atoms with Gasteiger partial charge in [-0.25, -0.2) is 0 Å². The fourth-order valence-corrected chi connectivity index (χ4v) is 5.23. The lowest BCUT2D eigenvalue weighted by Gasteiger charge is -2.37. The molecule has 1 unspecified atom stereocenters. The zero-order valence-corrected chi connectivity index (χ0v) is 21.8. The molecule has 1 aliphatic rings. The summed E-state index contributed by atoms with van der Waals surface area (Å²) in [5.41, 5.74) is 2.10. The standard InChI is InChI=1S/C26H35ClN2O3S/c1-17(2)12-25(30)28(14-18(3)4)15-26(31)29-10-8-24-21(9-11-33-24)23(29)16-32-20-6-7-22(27)19(5)13-20/h6-7,9,11,13,17-18,23H,8,10,12,14-16H2,1-5H3. The normalized spacial score (nSPS) is 15.6. The number of aryl methyl sites for hydroxylation is 1. The number of nitrogens with zero attached hydrogens (tertiary/aromatic N) is 2. The van der Waals surface area contributed by atoms with Crippen LogP contribution >= 0.6 is 22.9 Å². The number of carbonyl (C=O) groups excluding carboxylic acids is 2. The summed E-state index contributed by atoms with van der Waals surface area (Å²) >= 11 is 7.88. The SMILES string of the molecule is Cc1cc(OCC2c3ccsc3CCN2C(=O)CN(CC(C)C)C(=O)CC(C)C)ccc1Cl. The largest absolute Gasteiger partial charge is 0.491 e. The van der Waals surface area contributed by atoms with Crippen LogP contribution in [0.15, 0.2) is 29.6 Å². The summed E-state index contributed by atoms with van der Waals surface area (Å²) in [6.07, 6.45) is 1.29. The van der Waals surface area contributed by atoms with Gasteiger partial charge in [-0.15, -0.1) is 11.3 Å². The number of amides is 2. The van der Waals surface area contributed by atoms with Gasteiger partial charge < -0.3 is 14.5 Å². The van der Waals surface area contributed by atoms with Gasteiger partial charge in [0, 0.05) is 29.4 Å². The van der Waals surface area contributed by atoms with Crippen molar-refractivity contribution in [2.75, 3.05) is 26.2 Å². The van der Waals surface area contributed by atoms with Gasteiger partial charge in [-0.1, -0.05) is 39.3 Å². The third-order valence-electron chi connectivity index (χ3n) is 5.80. The predicted octanol–water partition coefficient (Wildman–Crippen LogP) is 5.75. The molecule has 1 aliphatic heterocycles. The highest BCUT2D eigenvalue weighted by molar-refractivity contribution is 7.10. The van der Waals surface area contributed by atoms with E-state index in [9.17, 15) is 9.59 Å². The van der Waals surface area contributed by atoms with E-state index in [0.717, 1.165) is 23.3 Å². The van der Waals surface area contributed by atoms with Gasteiger partial charge in [0.15, 0.2) is 0 Å². The monoisotopic (exact) mass is 490 g/mol. The Kier molecular flexibility index (Phi) is 8.82. The minimum absolute atomic E-state index is 0.0227. The maximum absolute atomic E-state index is 13.5. The third kappa shape index (κ3) is 6.73. The van der Waals surface area contributed by atoms with E-state index in [1.54, 1.807) is 16.2 Å². The van der Waals surface area contributed by atoms with Gasteiger partial charge in [0.05, 0.1) is 12.6 Å². The third-order valence-corrected chi connectivity index (χ3v) is 7.22. The second kappa shape index (κ2) is 11.4. The first-order valence-electron chi connectivity index (χ1n) is 11.7. The zero-order valence-electron chi connectivity index (χ0n) is 20.3. The summed E-state index contributed by atoms with van der Waals surface area (Å²) in [5.74, 6) is 1.32. The van der Waals surface area contributed by atoms with Crippen LogP contribution in [0.25, 0.3) is 0 Å². The molecule has 1 atom stereocenters. The average Bonchev–Trinajstić information content (AvgIpc) is 3.22. The molecule has 0 saturated carbocycles. The highest BCUT2D eigenvalue weighted by Crippen LogP contribution is 2.34. The molecule has 33 heavy (non-hydrogen) atoms. The van der Waals surface area contributed by atoms with Crippen LogP contribution in [-0.2, 0) is 16.0 Å². The lowest BCUT2D eigenvalue weighted by molar-refractivity contribution is -0.143. The number of rotatable bonds is 9. The summed E-state index contributed by atoms with van der Waals surface area (Å²) < 4.78 is 6.13. The van der Waals surface area contributed by atoms with Crippen molar-refractivity contribution in [2.24, 2.45) is 11.8 Å². The Morgan fingerprint density at radius 1 is 1.21 bits per heavy atom. The van der Waals surface area contributed by atoms with E-state index in [1.165, 1.54) is 4.88 Å². The topological polar surface area (TPSA) is 49.9 Å². The number of thiophene rings is 1. The van der Waals surface area contributed by atoms with E-state index in [4.69, 9.17) is 16.3 Å². The van der Waals surface area contributed by atoms with Crippen LogP contribution in [0, 0.1) is 18.8 Å². The van der Waals surface area contributed by atoms with Crippen LogP contribution in [0.3, 0.4) is 0 Å². The fraction of sp³-hybridized carbons (Fsp3) is 0.538. The quantitative estimate of drug-likeness (QED) is 0.450. The van der Waals surface area contributed by atoms with Crippen molar-refractivity contribution in [3.8, 4) is 5.75 Å². The zero-order chi connectivity index (χ0) is 24.1. The molecule has 5 nitrogen and oxygen atoms in total. The minimum atomic E-state index is -0.176. The highest BCUT2D eigenvalue weighted by atomic mass is 35.5. The lowest BCUT2D eigenvalue weighted by atomic mass is 10.00. The van der Waals surface area contributed by atoms with Gasteiger partial charge in [0.25, 0.3) is 0 Å².